The van der Waals surface area contributed by atoms with Crippen molar-refractivity contribution in [2.45, 2.75) is 47.4 Å². The third-order valence-corrected chi connectivity index (χ3v) is 12.5. The number of fused-ring (bicyclic) bond motifs is 1. The molecular formula is C32H37F3N2O6S2. The van der Waals surface area contributed by atoms with Crippen LogP contribution in [0.3, 0.4) is 0 Å². The van der Waals surface area contributed by atoms with Crippen LogP contribution in [-0.2, 0) is 22.4 Å². The second-order valence-corrected chi connectivity index (χ2v) is 15.5. The maximum atomic E-state index is 13.9. The van der Waals surface area contributed by atoms with Crippen molar-refractivity contribution >= 4 is 26.3 Å². The van der Waals surface area contributed by atoms with Crippen molar-refractivity contribution in [1.29, 1.82) is 0 Å². The number of amides is 1. The molecule has 8 nitrogen and oxygen atoms in total. The summed E-state index contributed by atoms with van der Waals surface area (Å²) in [5.41, 5.74) is -0.165. The Hall–Kier alpha value is -3.10. The minimum Gasteiger partial charge on any atom is -0.492 e. The van der Waals surface area contributed by atoms with E-state index in [1.165, 1.54) is 36.4 Å². The van der Waals surface area contributed by atoms with Crippen molar-refractivity contribution < 1.29 is 40.2 Å². The zero-order valence-corrected chi connectivity index (χ0v) is 26.5. The highest BCUT2D eigenvalue weighted by Crippen LogP contribution is 2.63. The highest BCUT2D eigenvalue weighted by atomic mass is 32.3. The van der Waals surface area contributed by atoms with Crippen LogP contribution in [0.15, 0.2) is 76.5 Å². The van der Waals surface area contributed by atoms with Gasteiger partial charge < -0.3 is 9.64 Å². The van der Waals surface area contributed by atoms with E-state index in [2.05, 4.69) is 0 Å². The van der Waals surface area contributed by atoms with E-state index in [9.17, 15) is 35.5 Å². The predicted octanol–water partition coefficient (Wildman–Crippen LogP) is 6.52. The van der Waals surface area contributed by atoms with E-state index in [0.717, 1.165) is 12.5 Å². The summed E-state index contributed by atoms with van der Waals surface area (Å²) in [6, 6.07) is 16.2. The molecule has 45 heavy (non-hydrogen) atoms. The van der Waals surface area contributed by atoms with Crippen LogP contribution in [0.5, 0.6) is 5.75 Å². The molecule has 1 amide bonds. The van der Waals surface area contributed by atoms with Gasteiger partial charge in [0.05, 0.1) is 33.3 Å². The molecule has 3 aromatic rings. The number of sulfone groups is 1. The van der Waals surface area contributed by atoms with Gasteiger partial charge in [-0.3, -0.25) is 18.8 Å². The number of benzene rings is 3. The number of carbonyl (C=O) groups excluding carboxylic acids is 1. The Morgan fingerprint density at radius 1 is 0.978 bits per heavy atom. The van der Waals surface area contributed by atoms with Gasteiger partial charge in [-0.25, -0.2) is 8.42 Å². The maximum absolute atomic E-state index is 13.9. The van der Waals surface area contributed by atoms with Gasteiger partial charge in [0.2, 0.25) is 0 Å². The average Bonchev–Trinajstić information content (AvgIpc) is 3.31. The van der Waals surface area contributed by atoms with Crippen LogP contribution in [0.1, 0.15) is 52.1 Å². The van der Waals surface area contributed by atoms with Gasteiger partial charge in [0.1, 0.15) is 11.0 Å². The molecular weight excluding hydrogens is 629 g/mol. The van der Waals surface area contributed by atoms with E-state index in [0.29, 0.717) is 39.1 Å². The fourth-order valence-electron chi connectivity index (χ4n) is 5.86. The number of hydrogen-bond donors (Lipinski definition) is 2. The van der Waals surface area contributed by atoms with Crippen molar-refractivity contribution in [3.05, 3.63) is 89.0 Å². The average molecular weight is 667 g/mol. The number of halogens is 3. The summed E-state index contributed by atoms with van der Waals surface area (Å²) in [6.07, 6.45) is -2.79. The Labute approximate surface area is 263 Å². The minimum atomic E-state index is -4.43. The highest BCUT2D eigenvalue weighted by molar-refractivity contribution is 8.25. The number of unbranched alkanes of at least 4 members (excludes halogenated alkanes) is 1. The summed E-state index contributed by atoms with van der Waals surface area (Å²) in [4.78, 5) is 17.6. The Kier molecular flexibility index (Phi) is 9.85. The van der Waals surface area contributed by atoms with E-state index in [4.69, 9.17) is 4.74 Å². The molecule has 2 heterocycles. The van der Waals surface area contributed by atoms with Crippen molar-refractivity contribution in [1.82, 2.24) is 9.80 Å². The number of ether oxygens (including phenoxy) is 1. The molecule has 1 atom stereocenters. The van der Waals surface area contributed by atoms with Crippen LogP contribution in [0.4, 0.5) is 13.2 Å². The molecule has 0 saturated carbocycles. The van der Waals surface area contributed by atoms with Gasteiger partial charge in [-0.2, -0.15) is 23.8 Å². The highest BCUT2D eigenvalue weighted by Gasteiger charge is 2.46. The summed E-state index contributed by atoms with van der Waals surface area (Å²) in [5.74, 6) is -0.762. The normalized spacial score (nSPS) is 19.2. The second kappa shape index (κ2) is 13.3. The van der Waals surface area contributed by atoms with Crippen LogP contribution in [0, 0.1) is 0 Å². The predicted molar refractivity (Wildman–Crippen MR) is 167 cm³/mol. The first-order chi connectivity index (χ1) is 21.3. The summed E-state index contributed by atoms with van der Waals surface area (Å²) < 4.78 is 95.9. The summed E-state index contributed by atoms with van der Waals surface area (Å²) >= 11 is 0. The van der Waals surface area contributed by atoms with Crippen molar-refractivity contribution in [2.75, 3.05) is 45.1 Å². The number of piperazine rings is 1. The Bertz CT molecular complexity index is 1630. The zero-order valence-electron chi connectivity index (χ0n) is 24.9. The van der Waals surface area contributed by atoms with Gasteiger partial charge >= 0.3 is 6.18 Å². The number of carbonyl (C=O) groups is 1. The monoisotopic (exact) mass is 666 g/mol. The lowest BCUT2D eigenvalue weighted by molar-refractivity contribution is -0.138. The van der Waals surface area contributed by atoms with Crippen LogP contribution in [0.25, 0.3) is 0 Å². The maximum Gasteiger partial charge on any atom is 0.416 e. The van der Waals surface area contributed by atoms with Gasteiger partial charge in [0.15, 0.2) is 9.84 Å². The molecule has 0 aliphatic carbocycles. The largest absolute Gasteiger partial charge is 0.492 e. The fourth-order valence-corrected chi connectivity index (χ4v) is 10.3. The van der Waals surface area contributed by atoms with Crippen molar-refractivity contribution in [2.24, 2.45) is 0 Å². The molecule has 1 saturated heterocycles. The molecule has 5 rings (SSSR count). The molecule has 0 aromatic heterocycles. The van der Waals surface area contributed by atoms with Crippen molar-refractivity contribution in [3.8, 4) is 5.75 Å². The van der Waals surface area contributed by atoms with Gasteiger partial charge in [-0.15, -0.1) is 0 Å². The van der Waals surface area contributed by atoms with E-state index < -0.39 is 43.2 Å². The number of hydrogen-bond acceptors (Lipinski definition) is 7. The number of nitrogens with zero attached hydrogens (tertiary/aromatic N) is 2. The SMILES string of the molecule is CCCCOc1c(C(=O)N2CCN(CCc3ccccc3C(F)(F)F)CC2)ccc2c1C(S(=O)(=O)c1ccccc1)CS2(O)O. The molecule has 0 radical (unpaired) electrons. The Balaban J connectivity index is 1.38. The summed E-state index contributed by atoms with van der Waals surface area (Å²) in [7, 11) is -7.55. The molecule has 0 spiro atoms. The first kappa shape index (κ1) is 33.3. The smallest absolute Gasteiger partial charge is 0.416 e. The van der Waals surface area contributed by atoms with E-state index in [1.807, 2.05) is 11.8 Å². The Morgan fingerprint density at radius 2 is 1.64 bits per heavy atom. The third kappa shape index (κ3) is 7.02. The minimum absolute atomic E-state index is 0.0308. The molecule has 2 aliphatic heterocycles. The molecule has 13 heteroatoms. The van der Waals surface area contributed by atoms with Crippen LogP contribution < -0.4 is 4.74 Å². The lowest BCUT2D eigenvalue weighted by Crippen LogP contribution is -2.49. The summed E-state index contributed by atoms with van der Waals surface area (Å²) in [6.45, 7) is 4.09. The van der Waals surface area contributed by atoms with Crippen LogP contribution in [0.2, 0.25) is 0 Å². The first-order valence-corrected chi connectivity index (χ1v) is 18.1. The zero-order chi connectivity index (χ0) is 32.4. The van der Waals surface area contributed by atoms with Gasteiger partial charge in [-0.1, -0.05) is 49.7 Å². The first-order valence-electron chi connectivity index (χ1n) is 14.9. The standard InChI is InChI=1S/C32H37F3N2O6S2/c1-2-3-21-43-30-25(13-14-27-29(30)28(22-44(27,39)40)45(41,42)24-10-5-4-6-11-24)31(38)37-19-17-36(18-20-37)16-15-23-9-7-8-12-26(23)32(33,34)35/h4-14,28,39-40H,2-3,15-22H2,1H3. The molecule has 1 unspecified atom stereocenters. The van der Waals surface area contributed by atoms with Gasteiger partial charge in [0.25, 0.3) is 5.91 Å². The Morgan fingerprint density at radius 3 is 2.31 bits per heavy atom. The quantitative estimate of drug-likeness (QED) is 0.237. The van der Waals surface area contributed by atoms with Gasteiger partial charge in [-0.05, 0) is 48.7 Å². The summed E-state index contributed by atoms with van der Waals surface area (Å²) in [5, 5.41) is -1.32. The number of rotatable bonds is 10. The van der Waals surface area contributed by atoms with Crippen LogP contribution in [-0.4, -0.2) is 78.3 Å². The lowest BCUT2D eigenvalue weighted by atomic mass is 10.0. The fraction of sp³-hybridized carbons (Fsp3) is 0.406. The van der Waals surface area contributed by atoms with E-state index in [-0.39, 0.29) is 51.2 Å². The molecule has 2 N–H and O–H groups in total. The van der Waals surface area contributed by atoms with Crippen LogP contribution >= 0.6 is 10.6 Å². The van der Waals surface area contributed by atoms with Gasteiger partial charge in [0, 0.05) is 38.3 Å². The number of alkyl halides is 3. The third-order valence-electron chi connectivity index (χ3n) is 8.31. The van der Waals surface area contributed by atoms with E-state index >= 15 is 0 Å². The molecule has 1 fully saturated rings. The molecule has 244 valence electrons. The topological polar surface area (TPSA) is 107 Å². The lowest BCUT2D eigenvalue weighted by Gasteiger charge is -2.35. The molecule has 2 aliphatic rings. The second-order valence-electron chi connectivity index (χ2n) is 11.3. The molecule has 0 bridgehead atoms. The van der Waals surface area contributed by atoms with Crippen molar-refractivity contribution in [3.63, 3.8) is 0 Å². The van der Waals surface area contributed by atoms with E-state index in [1.54, 1.807) is 29.2 Å². The molecule has 3 aromatic carbocycles.